The van der Waals surface area contributed by atoms with Crippen LogP contribution in [0.1, 0.15) is 31.1 Å². The van der Waals surface area contributed by atoms with Gasteiger partial charge in [0.15, 0.2) is 0 Å². The maximum absolute atomic E-state index is 13.0. The summed E-state index contributed by atoms with van der Waals surface area (Å²) < 4.78 is 22.8. The standard InChI is InChI=1S/C15H19FO4S/c1-3-19-13(17)9-10-21-14(15(18)20-4-2)11-5-7-12(16)8-6-11/h5-8,14H,3-4,9-10H2,1-2H3. The molecule has 6 heteroatoms. The zero-order valence-corrected chi connectivity index (χ0v) is 13.0. The van der Waals surface area contributed by atoms with Crippen LogP contribution in [0.5, 0.6) is 0 Å². The summed E-state index contributed by atoms with van der Waals surface area (Å²) in [4.78, 5) is 23.3. The van der Waals surface area contributed by atoms with Gasteiger partial charge in [-0.15, -0.1) is 11.8 Å². The third kappa shape index (κ3) is 6.16. The van der Waals surface area contributed by atoms with E-state index in [0.717, 1.165) is 0 Å². The topological polar surface area (TPSA) is 52.6 Å². The Bertz CT molecular complexity index is 461. The Labute approximate surface area is 128 Å². The van der Waals surface area contributed by atoms with E-state index in [0.29, 0.717) is 17.9 Å². The highest BCUT2D eigenvalue weighted by molar-refractivity contribution is 8.00. The average Bonchev–Trinajstić information content (AvgIpc) is 2.45. The molecule has 0 aromatic heterocycles. The number of thioether (sulfide) groups is 1. The van der Waals surface area contributed by atoms with Crippen LogP contribution in [0, 0.1) is 5.82 Å². The largest absolute Gasteiger partial charge is 0.466 e. The first-order valence-electron chi connectivity index (χ1n) is 6.77. The highest BCUT2D eigenvalue weighted by Crippen LogP contribution is 2.31. The Hall–Kier alpha value is -1.56. The number of hydrogen-bond acceptors (Lipinski definition) is 5. The van der Waals surface area contributed by atoms with Crippen molar-refractivity contribution in [2.75, 3.05) is 19.0 Å². The third-order valence-electron chi connectivity index (χ3n) is 2.57. The minimum atomic E-state index is -0.569. The van der Waals surface area contributed by atoms with Crippen molar-refractivity contribution in [1.29, 1.82) is 0 Å². The van der Waals surface area contributed by atoms with E-state index in [2.05, 4.69) is 0 Å². The lowest BCUT2D eigenvalue weighted by molar-refractivity contribution is -0.143. The fourth-order valence-corrected chi connectivity index (χ4v) is 2.72. The van der Waals surface area contributed by atoms with Crippen molar-refractivity contribution in [3.63, 3.8) is 0 Å². The summed E-state index contributed by atoms with van der Waals surface area (Å²) in [6.07, 6.45) is 0.218. The molecule has 1 aromatic rings. The summed E-state index contributed by atoms with van der Waals surface area (Å²) in [5.41, 5.74) is 0.656. The molecule has 21 heavy (non-hydrogen) atoms. The predicted molar refractivity (Wildman–Crippen MR) is 79.5 cm³/mol. The molecule has 0 amide bonds. The van der Waals surface area contributed by atoms with Gasteiger partial charge in [0.1, 0.15) is 11.1 Å². The molecule has 0 spiro atoms. The number of ether oxygens (including phenoxy) is 2. The van der Waals surface area contributed by atoms with E-state index in [4.69, 9.17) is 9.47 Å². The zero-order chi connectivity index (χ0) is 15.7. The highest BCUT2D eigenvalue weighted by Gasteiger charge is 2.23. The summed E-state index contributed by atoms with van der Waals surface area (Å²) >= 11 is 1.28. The van der Waals surface area contributed by atoms with Crippen LogP contribution in [-0.4, -0.2) is 30.9 Å². The molecule has 0 saturated heterocycles. The molecule has 0 aliphatic rings. The summed E-state index contributed by atoms with van der Waals surface area (Å²) in [5.74, 6) is -0.623. The fourth-order valence-electron chi connectivity index (χ4n) is 1.65. The molecule has 0 aliphatic carbocycles. The SMILES string of the molecule is CCOC(=O)CCSC(C(=O)OCC)c1ccc(F)cc1. The number of hydrogen-bond donors (Lipinski definition) is 0. The normalized spacial score (nSPS) is 11.8. The van der Waals surface area contributed by atoms with Gasteiger partial charge in [-0.2, -0.15) is 0 Å². The molecule has 1 rings (SSSR count). The van der Waals surface area contributed by atoms with Gasteiger partial charge in [-0.1, -0.05) is 12.1 Å². The number of halogens is 1. The molecule has 0 saturated carbocycles. The number of benzene rings is 1. The van der Waals surface area contributed by atoms with Crippen LogP contribution in [0.2, 0.25) is 0 Å². The van der Waals surface area contributed by atoms with Gasteiger partial charge in [0.05, 0.1) is 19.6 Å². The lowest BCUT2D eigenvalue weighted by atomic mass is 10.1. The second kappa shape index (κ2) is 9.39. The van der Waals surface area contributed by atoms with Crippen molar-refractivity contribution in [2.45, 2.75) is 25.5 Å². The van der Waals surface area contributed by atoms with Crippen LogP contribution < -0.4 is 0 Å². The molecule has 0 bridgehead atoms. The summed E-state index contributed by atoms with van der Waals surface area (Å²) in [7, 11) is 0. The molecule has 4 nitrogen and oxygen atoms in total. The molecule has 0 N–H and O–H groups in total. The van der Waals surface area contributed by atoms with Gasteiger partial charge in [-0.3, -0.25) is 9.59 Å². The molecule has 1 atom stereocenters. The Morgan fingerprint density at radius 3 is 2.33 bits per heavy atom. The van der Waals surface area contributed by atoms with Gasteiger partial charge in [0.2, 0.25) is 0 Å². The molecule has 0 radical (unpaired) electrons. The number of rotatable bonds is 8. The first-order chi connectivity index (χ1) is 10.1. The molecule has 1 aromatic carbocycles. The predicted octanol–water partition coefficient (Wildman–Crippen LogP) is 3.12. The van der Waals surface area contributed by atoms with Crippen molar-refractivity contribution in [3.8, 4) is 0 Å². The van der Waals surface area contributed by atoms with Crippen LogP contribution >= 0.6 is 11.8 Å². The second-order valence-corrected chi connectivity index (χ2v) is 5.32. The molecule has 0 fully saturated rings. The summed E-state index contributed by atoms with van der Waals surface area (Å²) in [5, 5.41) is -0.569. The van der Waals surface area contributed by atoms with Gasteiger partial charge in [0.25, 0.3) is 0 Å². The van der Waals surface area contributed by atoms with Gasteiger partial charge in [-0.05, 0) is 31.5 Å². The fraction of sp³-hybridized carbons (Fsp3) is 0.467. The van der Waals surface area contributed by atoms with E-state index in [-0.39, 0.29) is 24.8 Å². The molecule has 116 valence electrons. The van der Waals surface area contributed by atoms with Crippen LogP contribution in [0.3, 0.4) is 0 Å². The van der Waals surface area contributed by atoms with E-state index in [1.165, 1.54) is 23.9 Å². The lowest BCUT2D eigenvalue weighted by Gasteiger charge is -2.15. The van der Waals surface area contributed by atoms with Crippen molar-refractivity contribution < 1.29 is 23.5 Å². The molecule has 0 heterocycles. The quantitative estimate of drug-likeness (QED) is 0.690. The zero-order valence-electron chi connectivity index (χ0n) is 12.1. The first-order valence-corrected chi connectivity index (χ1v) is 7.82. The van der Waals surface area contributed by atoms with Crippen LogP contribution in [0.25, 0.3) is 0 Å². The first kappa shape index (κ1) is 17.5. The van der Waals surface area contributed by atoms with E-state index >= 15 is 0 Å². The Morgan fingerprint density at radius 1 is 1.14 bits per heavy atom. The van der Waals surface area contributed by atoms with Crippen LogP contribution in [0.4, 0.5) is 4.39 Å². The minimum absolute atomic E-state index is 0.218. The Morgan fingerprint density at radius 2 is 1.76 bits per heavy atom. The Kier molecular flexibility index (Phi) is 7.82. The maximum Gasteiger partial charge on any atom is 0.323 e. The molecule has 0 aliphatic heterocycles. The number of esters is 2. The Balaban J connectivity index is 2.67. The van der Waals surface area contributed by atoms with Crippen molar-refractivity contribution >= 4 is 23.7 Å². The highest BCUT2D eigenvalue weighted by atomic mass is 32.2. The molecule has 1 unspecified atom stereocenters. The molecular weight excluding hydrogens is 295 g/mol. The van der Waals surface area contributed by atoms with Crippen molar-refractivity contribution in [1.82, 2.24) is 0 Å². The van der Waals surface area contributed by atoms with E-state index in [1.807, 2.05) is 0 Å². The summed E-state index contributed by atoms with van der Waals surface area (Å²) in [6.45, 7) is 4.08. The van der Waals surface area contributed by atoms with Gasteiger partial charge in [0, 0.05) is 5.75 Å². The van der Waals surface area contributed by atoms with Gasteiger partial charge >= 0.3 is 11.9 Å². The number of carbonyl (C=O) groups is 2. The van der Waals surface area contributed by atoms with Gasteiger partial charge < -0.3 is 9.47 Å². The van der Waals surface area contributed by atoms with E-state index in [1.54, 1.807) is 26.0 Å². The van der Waals surface area contributed by atoms with Crippen LogP contribution in [0.15, 0.2) is 24.3 Å². The monoisotopic (exact) mass is 314 g/mol. The van der Waals surface area contributed by atoms with Crippen molar-refractivity contribution in [3.05, 3.63) is 35.6 Å². The molecular formula is C15H19FO4S. The smallest absolute Gasteiger partial charge is 0.323 e. The van der Waals surface area contributed by atoms with Crippen molar-refractivity contribution in [2.24, 2.45) is 0 Å². The van der Waals surface area contributed by atoms with E-state index < -0.39 is 11.2 Å². The van der Waals surface area contributed by atoms with Gasteiger partial charge in [-0.25, -0.2) is 4.39 Å². The number of carbonyl (C=O) groups excluding carboxylic acids is 2. The summed E-state index contributed by atoms with van der Waals surface area (Å²) in [6, 6.07) is 5.70. The average molecular weight is 314 g/mol. The second-order valence-electron chi connectivity index (χ2n) is 4.11. The third-order valence-corrected chi connectivity index (χ3v) is 3.81. The van der Waals surface area contributed by atoms with Crippen LogP contribution in [-0.2, 0) is 19.1 Å². The minimum Gasteiger partial charge on any atom is -0.466 e. The lowest BCUT2D eigenvalue weighted by Crippen LogP contribution is -2.15. The maximum atomic E-state index is 13.0. The van der Waals surface area contributed by atoms with E-state index in [9.17, 15) is 14.0 Å².